The van der Waals surface area contributed by atoms with Crippen LogP contribution < -0.4 is 5.32 Å². The van der Waals surface area contributed by atoms with E-state index in [1.165, 1.54) is 17.8 Å². The van der Waals surface area contributed by atoms with Crippen molar-refractivity contribution in [2.75, 3.05) is 5.32 Å². The largest absolute Gasteiger partial charge is 0.363 e. The normalized spacial score (nSPS) is 11.8. The van der Waals surface area contributed by atoms with Crippen molar-refractivity contribution in [2.24, 2.45) is 0 Å². The summed E-state index contributed by atoms with van der Waals surface area (Å²) in [5.74, 6) is 0.640. The third-order valence-electron chi connectivity index (χ3n) is 2.89. The molecule has 5 nitrogen and oxygen atoms in total. The third-order valence-corrected chi connectivity index (χ3v) is 2.89. The second-order valence-electron chi connectivity index (χ2n) is 4.17. The quantitative estimate of drug-likeness (QED) is 0.657. The second kappa shape index (κ2) is 5.95. The summed E-state index contributed by atoms with van der Waals surface area (Å²) in [4.78, 5) is 14.2. The minimum atomic E-state index is -0.453. The van der Waals surface area contributed by atoms with E-state index in [1.807, 2.05) is 30.3 Å². The van der Waals surface area contributed by atoms with E-state index in [1.54, 1.807) is 6.07 Å². The predicted molar refractivity (Wildman–Crippen MR) is 74.0 cm³/mol. The van der Waals surface area contributed by atoms with Crippen LogP contribution in [-0.4, -0.2) is 9.91 Å². The molecule has 0 saturated heterocycles. The first-order chi connectivity index (χ1) is 9.20. The molecular formula is C14H15N3O2. The highest BCUT2D eigenvalue weighted by Gasteiger charge is 2.10. The van der Waals surface area contributed by atoms with E-state index in [4.69, 9.17) is 0 Å². The summed E-state index contributed by atoms with van der Waals surface area (Å²) in [6.45, 7) is 2.08. The molecule has 0 bridgehead atoms. The van der Waals surface area contributed by atoms with Gasteiger partial charge in [0.1, 0.15) is 12.0 Å². The Morgan fingerprint density at radius 1 is 1.26 bits per heavy atom. The molecule has 0 aliphatic rings. The van der Waals surface area contributed by atoms with Crippen LogP contribution in [0.3, 0.4) is 0 Å². The Kier molecular flexibility index (Phi) is 4.07. The molecule has 98 valence electrons. The fourth-order valence-electron chi connectivity index (χ4n) is 1.86. The van der Waals surface area contributed by atoms with Crippen LogP contribution in [0.15, 0.2) is 48.7 Å². The summed E-state index contributed by atoms with van der Waals surface area (Å²) in [5, 5.41) is 13.8. The summed E-state index contributed by atoms with van der Waals surface area (Å²) in [5.41, 5.74) is 1.17. The number of aromatic nitrogens is 1. The first-order valence-corrected chi connectivity index (χ1v) is 6.12. The first kappa shape index (κ1) is 13.0. The van der Waals surface area contributed by atoms with E-state index in [-0.39, 0.29) is 11.7 Å². The lowest BCUT2D eigenvalue weighted by molar-refractivity contribution is -0.385. The molecule has 0 fully saturated rings. The summed E-state index contributed by atoms with van der Waals surface area (Å²) in [7, 11) is 0. The predicted octanol–water partition coefficient (Wildman–Crippen LogP) is 3.55. The lowest BCUT2D eigenvalue weighted by atomic mass is 10.0. The molecule has 1 heterocycles. The average Bonchev–Trinajstić information content (AvgIpc) is 2.46. The number of nitro groups is 1. The van der Waals surface area contributed by atoms with E-state index in [0.717, 1.165) is 6.42 Å². The van der Waals surface area contributed by atoms with Crippen LogP contribution in [0.5, 0.6) is 0 Å². The summed E-state index contributed by atoms with van der Waals surface area (Å²) in [6.07, 6.45) is 2.17. The fraction of sp³-hybridized carbons (Fsp3) is 0.214. The molecule has 0 amide bonds. The van der Waals surface area contributed by atoms with Crippen LogP contribution in [0.1, 0.15) is 24.9 Å². The fourth-order valence-corrected chi connectivity index (χ4v) is 1.86. The minimum absolute atomic E-state index is 0.00157. The van der Waals surface area contributed by atoms with Crippen molar-refractivity contribution >= 4 is 11.5 Å². The van der Waals surface area contributed by atoms with E-state index in [0.29, 0.717) is 5.82 Å². The maximum Gasteiger partial charge on any atom is 0.287 e. The number of pyridine rings is 1. The number of hydrogen-bond donors (Lipinski definition) is 1. The maximum atomic E-state index is 10.6. The Bertz CT molecular complexity index is 540. The smallest absolute Gasteiger partial charge is 0.287 e. The summed E-state index contributed by atoms with van der Waals surface area (Å²) < 4.78 is 0. The Balaban J connectivity index is 2.12. The van der Waals surface area contributed by atoms with Gasteiger partial charge in [-0.05, 0) is 18.1 Å². The van der Waals surface area contributed by atoms with E-state index >= 15 is 0 Å². The molecule has 0 saturated carbocycles. The summed E-state index contributed by atoms with van der Waals surface area (Å²) in [6, 6.07) is 13.3. The number of hydrogen-bond acceptors (Lipinski definition) is 4. The Hall–Kier alpha value is -2.43. The highest BCUT2D eigenvalue weighted by atomic mass is 16.6. The Morgan fingerprint density at radius 2 is 2.00 bits per heavy atom. The zero-order valence-electron chi connectivity index (χ0n) is 10.6. The molecule has 1 N–H and O–H groups in total. The lowest BCUT2D eigenvalue weighted by Crippen LogP contribution is -2.10. The monoisotopic (exact) mass is 257 g/mol. The molecular weight excluding hydrogens is 242 g/mol. The van der Waals surface area contributed by atoms with Gasteiger partial charge in [0.05, 0.1) is 11.0 Å². The van der Waals surface area contributed by atoms with Gasteiger partial charge < -0.3 is 5.32 Å². The average molecular weight is 257 g/mol. The van der Waals surface area contributed by atoms with E-state index in [2.05, 4.69) is 17.2 Å². The summed E-state index contributed by atoms with van der Waals surface area (Å²) >= 11 is 0. The van der Waals surface area contributed by atoms with Crippen molar-refractivity contribution in [1.82, 2.24) is 4.98 Å². The van der Waals surface area contributed by atoms with Crippen LogP contribution in [0.4, 0.5) is 11.5 Å². The van der Waals surface area contributed by atoms with Gasteiger partial charge in [0.15, 0.2) is 0 Å². The number of nitrogens with zero attached hydrogens (tertiary/aromatic N) is 2. The van der Waals surface area contributed by atoms with Gasteiger partial charge in [-0.15, -0.1) is 0 Å². The first-order valence-electron chi connectivity index (χ1n) is 6.12. The van der Waals surface area contributed by atoms with Gasteiger partial charge in [-0.3, -0.25) is 10.1 Å². The zero-order valence-corrected chi connectivity index (χ0v) is 10.6. The standard InChI is InChI=1S/C14H15N3O2/c1-2-13(11-6-4-3-5-7-11)16-14-9-8-12(10-15-14)17(18)19/h3-10,13H,2H2,1H3,(H,15,16)/t13-/m1/s1. The van der Waals surface area contributed by atoms with Gasteiger partial charge in [0, 0.05) is 6.07 Å². The highest BCUT2D eigenvalue weighted by molar-refractivity contribution is 5.42. The van der Waals surface area contributed by atoms with Gasteiger partial charge in [0.2, 0.25) is 0 Å². The van der Waals surface area contributed by atoms with Gasteiger partial charge >= 0.3 is 0 Å². The van der Waals surface area contributed by atoms with Crippen molar-refractivity contribution in [2.45, 2.75) is 19.4 Å². The number of anilines is 1. The second-order valence-corrected chi connectivity index (χ2v) is 4.17. The van der Waals surface area contributed by atoms with Gasteiger partial charge in [-0.25, -0.2) is 4.98 Å². The molecule has 0 unspecified atom stereocenters. The van der Waals surface area contributed by atoms with Crippen molar-refractivity contribution in [3.05, 3.63) is 64.3 Å². The van der Waals surface area contributed by atoms with E-state index in [9.17, 15) is 10.1 Å². The molecule has 2 aromatic rings. The van der Waals surface area contributed by atoms with Crippen molar-refractivity contribution in [3.63, 3.8) is 0 Å². The molecule has 0 aliphatic heterocycles. The molecule has 1 aromatic heterocycles. The highest BCUT2D eigenvalue weighted by Crippen LogP contribution is 2.22. The van der Waals surface area contributed by atoms with Gasteiger partial charge in [-0.2, -0.15) is 0 Å². The van der Waals surface area contributed by atoms with Crippen LogP contribution in [-0.2, 0) is 0 Å². The van der Waals surface area contributed by atoms with Gasteiger partial charge in [0.25, 0.3) is 5.69 Å². The Labute approximate surface area is 111 Å². The van der Waals surface area contributed by atoms with Crippen molar-refractivity contribution in [3.8, 4) is 0 Å². The Morgan fingerprint density at radius 3 is 2.53 bits per heavy atom. The topological polar surface area (TPSA) is 68.1 Å². The van der Waals surface area contributed by atoms with E-state index < -0.39 is 4.92 Å². The molecule has 2 rings (SSSR count). The molecule has 0 aliphatic carbocycles. The van der Waals surface area contributed by atoms with Crippen LogP contribution in [0.2, 0.25) is 0 Å². The van der Waals surface area contributed by atoms with Crippen LogP contribution in [0.25, 0.3) is 0 Å². The molecule has 1 atom stereocenters. The van der Waals surface area contributed by atoms with Crippen LogP contribution in [0, 0.1) is 10.1 Å². The maximum absolute atomic E-state index is 10.6. The third kappa shape index (κ3) is 3.28. The lowest BCUT2D eigenvalue weighted by Gasteiger charge is -2.17. The zero-order chi connectivity index (χ0) is 13.7. The van der Waals surface area contributed by atoms with Gasteiger partial charge in [-0.1, -0.05) is 37.3 Å². The minimum Gasteiger partial charge on any atom is -0.363 e. The number of nitrogens with one attached hydrogen (secondary N) is 1. The van der Waals surface area contributed by atoms with Crippen molar-refractivity contribution < 1.29 is 4.92 Å². The van der Waals surface area contributed by atoms with Crippen LogP contribution >= 0.6 is 0 Å². The SMILES string of the molecule is CC[C@@H](Nc1ccc([N+](=O)[O-])cn1)c1ccccc1. The molecule has 0 spiro atoms. The van der Waals surface area contributed by atoms with Crippen molar-refractivity contribution in [1.29, 1.82) is 0 Å². The molecule has 0 radical (unpaired) electrons. The molecule has 1 aromatic carbocycles. The molecule has 19 heavy (non-hydrogen) atoms. The number of benzene rings is 1. The molecule has 5 heteroatoms. The number of rotatable bonds is 5.